The fourth-order valence-electron chi connectivity index (χ4n) is 2.71. The van der Waals surface area contributed by atoms with Crippen LogP contribution < -0.4 is 0 Å². The number of fused-ring (bicyclic) bond motifs is 1. The Morgan fingerprint density at radius 1 is 1.43 bits per heavy atom. The summed E-state index contributed by atoms with van der Waals surface area (Å²) in [5.74, 6) is -0.601. The summed E-state index contributed by atoms with van der Waals surface area (Å²) in [5, 5.41) is 20.2. The van der Waals surface area contributed by atoms with Crippen molar-refractivity contribution in [3.8, 4) is 0 Å². The van der Waals surface area contributed by atoms with E-state index in [4.69, 9.17) is 16.3 Å². The Morgan fingerprint density at radius 3 is 3.00 bits per heavy atom. The third-order valence-electron chi connectivity index (χ3n) is 3.99. The topological polar surface area (TPSA) is 87.3 Å². The van der Waals surface area contributed by atoms with Gasteiger partial charge in [-0.25, -0.2) is 4.98 Å². The van der Waals surface area contributed by atoms with E-state index in [-0.39, 0.29) is 25.0 Å². The zero-order valence-corrected chi connectivity index (χ0v) is 13.3. The Hall–Kier alpha value is -1.67. The van der Waals surface area contributed by atoms with Gasteiger partial charge < -0.3 is 24.3 Å². The molecule has 3 heterocycles. The van der Waals surface area contributed by atoms with Crippen LogP contribution in [0.4, 0.5) is 0 Å². The third-order valence-corrected chi connectivity index (χ3v) is 4.21. The van der Waals surface area contributed by atoms with Gasteiger partial charge in [-0.2, -0.15) is 0 Å². The zero-order valence-electron chi connectivity index (χ0n) is 12.6. The molecule has 0 spiro atoms. The lowest BCUT2D eigenvalue weighted by atomic mass is 9.96. The molecule has 8 heteroatoms. The smallest absolute Gasteiger partial charge is 0.273 e. The SMILES string of the molecule is CN(C[C@@H]1COC[C@@H](O)[C@H]1O)C(=O)c1cn2cc(Cl)ccc2n1. The van der Waals surface area contributed by atoms with Crippen LogP contribution in [0, 0.1) is 5.92 Å². The van der Waals surface area contributed by atoms with Crippen LogP contribution in [0.25, 0.3) is 5.65 Å². The number of imidazole rings is 1. The van der Waals surface area contributed by atoms with E-state index in [2.05, 4.69) is 4.98 Å². The Balaban J connectivity index is 1.73. The summed E-state index contributed by atoms with van der Waals surface area (Å²) in [6, 6.07) is 3.44. The van der Waals surface area contributed by atoms with Crippen molar-refractivity contribution >= 4 is 23.2 Å². The molecule has 1 aliphatic heterocycles. The first-order valence-corrected chi connectivity index (χ1v) is 7.67. The van der Waals surface area contributed by atoms with E-state index >= 15 is 0 Å². The number of rotatable bonds is 3. The normalized spacial score (nSPS) is 24.8. The van der Waals surface area contributed by atoms with Crippen molar-refractivity contribution in [1.82, 2.24) is 14.3 Å². The molecule has 0 unspecified atom stereocenters. The molecule has 3 atom stereocenters. The van der Waals surface area contributed by atoms with Gasteiger partial charge in [0.1, 0.15) is 17.4 Å². The minimum atomic E-state index is -0.922. The summed E-state index contributed by atoms with van der Waals surface area (Å²) in [6.07, 6.45) is 1.46. The second-order valence-corrected chi connectivity index (χ2v) is 6.22. The van der Waals surface area contributed by atoms with E-state index in [1.54, 1.807) is 36.0 Å². The lowest BCUT2D eigenvalue weighted by molar-refractivity contribution is -0.123. The van der Waals surface area contributed by atoms with Gasteiger partial charge in [0, 0.05) is 31.9 Å². The highest BCUT2D eigenvalue weighted by Gasteiger charge is 2.33. The summed E-state index contributed by atoms with van der Waals surface area (Å²) >= 11 is 5.92. The summed E-state index contributed by atoms with van der Waals surface area (Å²) in [7, 11) is 1.63. The van der Waals surface area contributed by atoms with E-state index in [1.165, 1.54) is 4.90 Å². The molecule has 0 radical (unpaired) electrons. The highest BCUT2D eigenvalue weighted by atomic mass is 35.5. The molecule has 1 amide bonds. The Kier molecular flexibility index (Phi) is 4.54. The number of carbonyl (C=O) groups is 1. The van der Waals surface area contributed by atoms with E-state index in [9.17, 15) is 15.0 Å². The first kappa shape index (κ1) is 16.2. The number of nitrogens with zero attached hydrogens (tertiary/aromatic N) is 3. The lowest BCUT2D eigenvalue weighted by Gasteiger charge is -2.34. The van der Waals surface area contributed by atoms with Crippen LogP contribution in [0.1, 0.15) is 10.5 Å². The second-order valence-electron chi connectivity index (χ2n) is 5.78. The molecule has 3 rings (SSSR count). The van der Waals surface area contributed by atoms with Crippen LogP contribution in [-0.2, 0) is 4.74 Å². The summed E-state index contributed by atoms with van der Waals surface area (Å²) in [5.41, 5.74) is 0.920. The number of aliphatic hydroxyl groups is 2. The van der Waals surface area contributed by atoms with Crippen LogP contribution in [0.3, 0.4) is 0 Å². The Morgan fingerprint density at radius 2 is 2.22 bits per heavy atom. The molecular weight excluding hydrogens is 322 g/mol. The van der Waals surface area contributed by atoms with Crippen molar-refractivity contribution in [3.63, 3.8) is 0 Å². The third kappa shape index (κ3) is 3.32. The minimum Gasteiger partial charge on any atom is -0.390 e. The molecule has 1 aliphatic rings. The standard InChI is InChI=1S/C15H18ClN3O4/c1-18(4-9-7-23-8-12(20)14(9)21)15(22)11-6-19-5-10(16)2-3-13(19)17-11/h2-3,5-6,9,12,14,20-21H,4,7-8H2,1H3/t9-,12-,14+/m1/s1. The van der Waals surface area contributed by atoms with Gasteiger partial charge >= 0.3 is 0 Å². The lowest BCUT2D eigenvalue weighted by Crippen LogP contribution is -2.48. The molecule has 1 fully saturated rings. The second kappa shape index (κ2) is 6.45. The number of aliphatic hydroxyl groups excluding tert-OH is 2. The van der Waals surface area contributed by atoms with Gasteiger partial charge in [0.2, 0.25) is 0 Å². The first-order chi connectivity index (χ1) is 11.0. The molecule has 0 aromatic carbocycles. The average molecular weight is 340 g/mol. The number of hydrogen-bond donors (Lipinski definition) is 2. The van der Waals surface area contributed by atoms with Crippen molar-refractivity contribution in [2.75, 3.05) is 26.8 Å². The first-order valence-electron chi connectivity index (χ1n) is 7.29. The highest BCUT2D eigenvalue weighted by Crippen LogP contribution is 2.18. The number of aromatic nitrogens is 2. The van der Waals surface area contributed by atoms with E-state index in [0.717, 1.165) is 0 Å². The van der Waals surface area contributed by atoms with E-state index < -0.39 is 12.2 Å². The summed E-state index contributed by atoms with van der Waals surface area (Å²) in [4.78, 5) is 18.2. The van der Waals surface area contributed by atoms with Gasteiger partial charge in [-0.3, -0.25) is 4.79 Å². The van der Waals surface area contributed by atoms with Crippen LogP contribution in [0.15, 0.2) is 24.5 Å². The molecule has 0 saturated carbocycles. The quantitative estimate of drug-likeness (QED) is 0.846. The number of hydrogen-bond acceptors (Lipinski definition) is 5. The number of carbonyl (C=O) groups excluding carboxylic acids is 1. The highest BCUT2D eigenvalue weighted by molar-refractivity contribution is 6.30. The van der Waals surface area contributed by atoms with Gasteiger partial charge in [0.05, 0.1) is 24.3 Å². The van der Waals surface area contributed by atoms with Crippen LogP contribution in [0.5, 0.6) is 0 Å². The maximum absolute atomic E-state index is 12.5. The minimum absolute atomic E-state index is 0.114. The van der Waals surface area contributed by atoms with Crippen molar-refractivity contribution < 1.29 is 19.7 Å². The Labute approximate surface area is 138 Å². The number of pyridine rings is 1. The largest absolute Gasteiger partial charge is 0.390 e. The van der Waals surface area contributed by atoms with Crippen molar-refractivity contribution in [1.29, 1.82) is 0 Å². The maximum atomic E-state index is 12.5. The van der Waals surface area contributed by atoms with Crippen molar-refractivity contribution in [2.45, 2.75) is 12.2 Å². The summed E-state index contributed by atoms with van der Waals surface area (Å²) in [6.45, 7) is 0.685. The monoisotopic (exact) mass is 339 g/mol. The fraction of sp³-hybridized carbons (Fsp3) is 0.467. The number of ether oxygens (including phenoxy) is 1. The average Bonchev–Trinajstić information content (AvgIpc) is 2.94. The zero-order chi connectivity index (χ0) is 16.6. The van der Waals surface area contributed by atoms with Gasteiger partial charge in [-0.05, 0) is 12.1 Å². The number of amides is 1. The van der Waals surface area contributed by atoms with Crippen LogP contribution in [0.2, 0.25) is 5.02 Å². The molecular formula is C15H18ClN3O4. The molecule has 7 nitrogen and oxygen atoms in total. The molecule has 2 aromatic heterocycles. The maximum Gasteiger partial charge on any atom is 0.273 e. The fourth-order valence-corrected chi connectivity index (χ4v) is 2.88. The van der Waals surface area contributed by atoms with Crippen molar-refractivity contribution in [3.05, 3.63) is 35.2 Å². The predicted octanol–water partition coefficient (Wildman–Crippen LogP) is 0.428. The molecule has 0 aliphatic carbocycles. The number of halogens is 1. The molecule has 23 heavy (non-hydrogen) atoms. The molecule has 2 aromatic rings. The van der Waals surface area contributed by atoms with Crippen molar-refractivity contribution in [2.24, 2.45) is 5.92 Å². The van der Waals surface area contributed by atoms with Gasteiger partial charge in [0.15, 0.2) is 0 Å². The van der Waals surface area contributed by atoms with Crippen LogP contribution in [-0.4, -0.2) is 69.4 Å². The Bertz CT molecular complexity index is 720. The molecule has 0 bridgehead atoms. The molecule has 124 valence electrons. The predicted molar refractivity (Wildman–Crippen MR) is 83.5 cm³/mol. The van der Waals surface area contributed by atoms with E-state index in [0.29, 0.717) is 23.0 Å². The van der Waals surface area contributed by atoms with Gasteiger partial charge in [-0.15, -0.1) is 0 Å². The molecule has 1 saturated heterocycles. The van der Waals surface area contributed by atoms with Gasteiger partial charge in [0.25, 0.3) is 5.91 Å². The summed E-state index contributed by atoms with van der Waals surface area (Å²) < 4.78 is 6.92. The van der Waals surface area contributed by atoms with Crippen LogP contribution >= 0.6 is 11.6 Å². The van der Waals surface area contributed by atoms with Gasteiger partial charge in [-0.1, -0.05) is 11.6 Å². The van der Waals surface area contributed by atoms with E-state index in [1.807, 2.05) is 0 Å². The molecule has 2 N–H and O–H groups in total.